The lowest BCUT2D eigenvalue weighted by atomic mass is 9.87. The second kappa shape index (κ2) is 6.11. The highest BCUT2D eigenvalue weighted by atomic mass is 16.5. The van der Waals surface area contributed by atoms with Gasteiger partial charge in [0.15, 0.2) is 11.5 Å². The molecule has 0 amide bonds. The molecule has 6 heteroatoms. The lowest BCUT2D eigenvalue weighted by Gasteiger charge is -2.10. The summed E-state index contributed by atoms with van der Waals surface area (Å²) in [6.07, 6.45) is 0.274. The summed E-state index contributed by atoms with van der Waals surface area (Å²) < 4.78 is 16.1. The minimum Gasteiger partial charge on any atom is -0.504 e. The van der Waals surface area contributed by atoms with Gasteiger partial charge in [0.1, 0.15) is 11.5 Å². The predicted octanol–water partition coefficient (Wildman–Crippen LogP) is 2.01. The molecule has 0 fully saturated rings. The molecule has 22 heavy (non-hydrogen) atoms. The number of aromatic hydroxyl groups is 1. The quantitative estimate of drug-likeness (QED) is 0.531. The van der Waals surface area contributed by atoms with Gasteiger partial charge in [-0.3, -0.25) is 4.79 Å². The highest BCUT2D eigenvalue weighted by Gasteiger charge is 2.14. The maximum atomic E-state index is 11.2. The van der Waals surface area contributed by atoms with E-state index >= 15 is 0 Å². The zero-order valence-corrected chi connectivity index (χ0v) is 12.2. The predicted molar refractivity (Wildman–Crippen MR) is 82.1 cm³/mol. The first-order valence-electron chi connectivity index (χ1n) is 7.07. The Balaban J connectivity index is 1.76. The molecule has 0 aliphatic carbocycles. The van der Waals surface area contributed by atoms with Gasteiger partial charge in [0.05, 0.1) is 6.61 Å². The van der Waals surface area contributed by atoms with E-state index in [2.05, 4.69) is 0 Å². The first kappa shape index (κ1) is 14.5. The van der Waals surface area contributed by atoms with E-state index in [1.807, 2.05) is 18.2 Å². The molecule has 0 radical (unpaired) electrons. The first-order valence-corrected chi connectivity index (χ1v) is 7.07. The van der Waals surface area contributed by atoms with E-state index in [0.29, 0.717) is 31.3 Å². The highest BCUT2D eigenvalue weighted by molar-refractivity contribution is 6.48. The third kappa shape index (κ3) is 3.07. The van der Waals surface area contributed by atoms with Crippen LogP contribution in [0.15, 0.2) is 36.4 Å². The summed E-state index contributed by atoms with van der Waals surface area (Å²) >= 11 is 0. The number of esters is 1. The number of phenolic OH excluding ortho intramolecular Hbond substituents is 1. The number of benzene rings is 2. The summed E-state index contributed by atoms with van der Waals surface area (Å²) in [6, 6.07) is 10.2. The Morgan fingerprint density at radius 2 is 2.09 bits per heavy atom. The molecule has 5 nitrogen and oxygen atoms in total. The Labute approximate surface area is 128 Å². The van der Waals surface area contributed by atoms with E-state index in [4.69, 9.17) is 14.1 Å². The standard InChI is InChI=1S/C16H15BO5/c1-2-16(19)22-12-4-6-15(14(18)8-12)21-11-3-5-13-10(7-11)9-20-17-13/h3-8,17-18H,2,9H2,1H3. The molecule has 112 valence electrons. The van der Waals surface area contributed by atoms with Crippen molar-refractivity contribution in [1.29, 1.82) is 0 Å². The van der Waals surface area contributed by atoms with Crippen molar-refractivity contribution in [3.8, 4) is 23.0 Å². The summed E-state index contributed by atoms with van der Waals surface area (Å²) in [7, 11) is 0.623. The van der Waals surface area contributed by atoms with Crippen LogP contribution in [-0.4, -0.2) is 18.6 Å². The molecule has 1 heterocycles. The molecule has 1 N–H and O–H groups in total. The highest BCUT2D eigenvalue weighted by Crippen LogP contribution is 2.34. The molecule has 0 bridgehead atoms. The van der Waals surface area contributed by atoms with Crippen molar-refractivity contribution >= 4 is 18.9 Å². The van der Waals surface area contributed by atoms with Crippen LogP contribution in [0.3, 0.4) is 0 Å². The normalized spacial score (nSPS) is 12.4. The van der Waals surface area contributed by atoms with Gasteiger partial charge < -0.3 is 19.2 Å². The van der Waals surface area contributed by atoms with E-state index in [1.165, 1.54) is 6.07 Å². The average molecular weight is 298 g/mol. The summed E-state index contributed by atoms with van der Waals surface area (Å²) in [4.78, 5) is 11.2. The van der Waals surface area contributed by atoms with Gasteiger partial charge in [-0.1, -0.05) is 13.0 Å². The Bertz CT molecular complexity index is 714. The number of fused-ring (bicyclic) bond motifs is 1. The van der Waals surface area contributed by atoms with E-state index in [0.717, 1.165) is 11.0 Å². The third-order valence-corrected chi connectivity index (χ3v) is 3.37. The topological polar surface area (TPSA) is 65.0 Å². The van der Waals surface area contributed by atoms with Crippen molar-refractivity contribution in [2.75, 3.05) is 0 Å². The molecule has 0 spiro atoms. The van der Waals surface area contributed by atoms with Crippen molar-refractivity contribution in [3.63, 3.8) is 0 Å². The minimum atomic E-state index is -0.355. The molecule has 0 aromatic heterocycles. The minimum absolute atomic E-state index is 0.0850. The molecule has 2 aromatic carbocycles. The van der Waals surface area contributed by atoms with Crippen molar-refractivity contribution in [3.05, 3.63) is 42.0 Å². The zero-order chi connectivity index (χ0) is 15.5. The molecule has 2 aromatic rings. The molecule has 0 saturated heterocycles. The number of carbonyl (C=O) groups excluding carboxylic acids is 1. The van der Waals surface area contributed by atoms with Gasteiger partial charge in [0, 0.05) is 12.5 Å². The van der Waals surface area contributed by atoms with Crippen LogP contribution in [0, 0.1) is 0 Å². The Kier molecular flexibility index (Phi) is 4.02. The van der Waals surface area contributed by atoms with Crippen LogP contribution in [0.2, 0.25) is 0 Å². The second-order valence-electron chi connectivity index (χ2n) is 4.98. The molecule has 0 saturated carbocycles. The van der Waals surface area contributed by atoms with Crippen LogP contribution in [0.25, 0.3) is 0 Å². The Morgan fingerprint density at radius 1 is 1.27 bits per heavy atom. The van der Waals surface area contributed by atoms with Crippen molar-refractivity contribution in [2.45, 2.75) is 20.0 Å². The van der Waals surface area contributed by atoms with Gasteiger partial charge in [0.25, 0.3) is 0 Å². The molecule has 0 atom stereocenters. The number of rotatable bonds is 4. The lowest BCUT2D eigenvalue weighted by molar-refractivity contribution is -0.134. The van der Waals surface area contributed by atoms with Crippen LogP contribution in [0.4, 0.5) is 0 Å². The summed E-state index contributed by atoms with van der Waals surface area (Å²) in [5.41, 5.74) is 2.24. The molecular formula is C16H15BO5. The largest absolute Gasteiger partial charge is 0.504 e. The average Bonchev–Trinajstić information content (AvgIpc) is 2.97. The maximum absolute atomic E-state index is 11.2. The van der Waals surface area contributed by atoms with Gasteiger partial charge in [-0.05, 0) is 35.3 Å². The monoisotopic (exact) mass is 298 g/mol. The van der Waals surface area contributed by atoms with E-state index < -0.39 is 0 Å². The van der Waals surface area contributed by atoms with Gasteiger partial charge in [-0.25, -0.2) is 0 Å². The summed E-state index contributed by atoms with van der Waals surface area (Å²) in [6.45, 7) is 2.28. The van der Waals surface area contributed by atoms with Crippen LogP contribution in [0.1, 0.15) is 18.9 Å². The van der Waals surface area contributed by atoms with Crippen LogP contribution >= 0.6 is 0 Å². The second-order valence-corrected chi connectivity index (χ2v) is 4.98. The number of carbonyl (C=O) groups is 1. The Morgan fingerprint density at radius 3 is 2.86 bits per heavy atom. The van der Waals surface area contributed by atoms with Gasteiger partial charge in [-0.15, -0.1) is 0 Å². The number of phenols is 1. The van der Waals surface area contributed by atoms with Gasteiger partial charge in [-0.2, -0.15) is 0 Å². The number of hydrogen-bond donors (Lipinski definition) is 1. The molecule has 3 rings (SSSR count). The van der Waals surface area contributed by atoms with Crippen molar-refractivity contribution in [1.82, 2.24) is 0 Å². The SMILES string of the molecule is CCC(=O)Oc1ccc(Oc2ccc3c(c2)COB3)c(O)c1. The Hall–Kier alpha value is -2.47. The van der Waals surface area contributed by atoms with Gasteiger partial charge in [0.2, 0.25) is 0 Å². The fraction of sp³-hybridized carbons (Fsp3) is 0.188. The summed E-state index contributed by atoms with van der Waals surface area (Å²) in [5, 5.41) is 9.99. The summed E-state index contributed by atoms with van der Waals surface area (Å²) in [5.74, 6) is 0.775. The van der Waals surface area contributed by atoms with E-state index in [9.17, 15) is 9.90 Å². The van der Waals surface area contributed by atoms with Crippen LogP contribution < -0.4 is 14.9 Å². The molecule has 1 aliphatic rings. The fourth-order valence-electron chi connectivity index (χ4n) is 2.19. The number of hydrogen-bond acceptors (Lipinski definition) is 5. The van der Waals surface area contributed by atoms with Gasteiger partial charge >= 0.3 is 13.5 Å². The maximum Gasteiger partial charge on any atom is 0.310 e. The number of ether oxygens (including phenoxy) is 2. The lowest BCUT2D eigenvalue weighted by Crippen LogP contribution is -2.10. The third-order valence-electron chi connectivity index (χ3n) is 3.37. The van der Waals surface area contributed by atoms with Crippen molar-refractivity contribution < 1.29 is 24.0 Å². The molecule has 0 unspecified atom stereocenters. The zero-order valence-electron chi connectivity index (χ0n) is 12.2. The smallest absolute Gasteiger partial charge is 0.310 e. The van der Waals surface area contributed by atoms with Crippen LogP contribution in [0.5, 0.6) is 23.0 Å². The van der Waals surface area contributed by atoms with Crippen molar-refractivity contribution in [2.24, 2.45) is 0 Å². The van der Waals surface area contributed by atoms with E-state index in [1.54, 1.807) is 19.1 Å². The van der Waals surface area contributed by atoms with Crippen LogP contribution in [-0.2, 0) is 16.1 Å². The molecular weight excluding hydrogens is 283 g/mol. The first-order chi connectivity index (χ1) is 10.7. The fourth-order valence-corrected chi connectivity index (χ4v) is 2.19. The van der Waals surface area contributed by atoms with E-state index in [-0.39, 0.29) is 18.1 Å². The molecule has 1 aliphatic heterocycles.